The minimum absolute atomic E-state index is 0.0473. The fraction of sp³-hybridized carbons (Fsp3) is 0.765. The Bertz CT molecular complexity index is 389. The Morgan fingerprint density at radius 2 is 2.19 bits per heavy atom. The van der Waals surface area contributed by atoms with Gasteiger partial charge < -0.3 is 5.32 Å². The van der Waals surface area contributed by atoms with Crippen molar-refractivity contribution in [2.45, 2.75) is 66.0 Å². The number of rotatable bonds is 9. The van der Waals surface area contributed by atoms with Crippen molar-refractivity contribution in [1.82, 2.24) is 5.32 Å². The molecule has 0 saturated heterocycles. The molecule has 0 aromatic carbocycles. The largest absolute Gasteiger partial charge is 0.307 e. The van der Waals surface area contributed by atoms with Crippen LogP contribution in [-0.2, 0) is 4.79 Å². The van der Waals surface area contributed by atoms with Gasteiger partial charge in [0.05, 0.1) is 13.1 Å². The summed E-state index contributed by atoms with van der Waals surface area (Å²) in [5.74, 6) is 1.33. The third-order valence-corrected chi connectivity index (χ3v) is 4.53. The highest BCUT2D eigenvalue weighted by Crippen LogP contribution is 2.23. The van der Waals surface area contributed by atoms with Gasteiger partial charge in [-0.15, -0.1) is 0 Å². The zero-order chi connectivity index (χ0) is 15.7. The van der Waals surface area contributed by atoms with E-state index in [-0.39, 0.29) is 12.1 Å². The van der Waals surface area contributed by atoms with Crippen molar-refractivity contribution in [3.05, 3.63) is 12.2 Å². The molecule has 0 aromatic rings. The summed E-state index contributed by atoms with van der Waals surface area (Å²) in [6.45, 7) is 10.9. The van der Waals surface area contributed by atoms with Crippen molar-refractivity contribution in [2.24, 2.45) is 4.99 Å². The van der Waals surface area contributed by atoms with Crippen LogP contribution in [0.5, 0.6) is 0 Å². The van der Waals surface area contributed by atoms with Crippen LogP contribution in [-0.4, -0.2) is 42.0 Å². The van der Waals surface area contributed by atoms with Gasteiger partial charge >= 0.3 is 0 Å². The summed E-state index contributed by atoms with van der Waals surface area (Å²) < 4.78 is 0.842. The normalized spacial score (nSPS) is 23.3. The highest BCUT2D eigenvalue weighted by molar-refractivity contribution is 5.78. The maximum absolute atomic E-state index is 11.4. The summed E-state index contributed by atoms with van der Waals surface area (Å²) in [5, 5.41) is 3.07. The van der Waals surface area contributed by atoms with Crippen LogP contribution in [0.1, 0.15) is 59.8 Å². The molecule has 120 valence electrons. The van der Waals surface area contributed by atoms with Crippen molar-refractivity contribution in [1.29, 1.82) is 0 Å². The number of nitrogens with zero attached hydrogens (tertiary/aromatic N) is 2. The van der Waals surface area contributed by atoms with Crippen LogP contribution in [0.2, 0.25) is 0 Å². The molecule has 0 radical (unpaired) electrons. The van der Waals surface area contributed by atoms with Gasteiger partial charge in [0, 0.05) is 20.3 Å². The maximum atomic E-state index is 11.4. The lowest BCUT2D eigenvalue weighted by Crippen LogP contribution is -2.62. The van der Waals surface area contributed by atoms with E-state index in [0.717, 1.165) is 30.5 Å². The Hall–Kier alpha value is -1.16. The SMILES string of the molecule is C/C=C/CCCCCC1=NCC[N+]1(CC)C(C)NC(C)=O. The second-order valence-corrected chi connectivity index (χ2v) is 5.92. The zero-order valence-corrected chi connectivity index (χ0v) is 14.2. The number of nitrogens with one attached hydrogen (secondary N) is 1. The molecule has 0 spiro atoms. The van der Waals surface area contributed by atoms with Gasteiger partial charge in [0.1, 0.15) is 6.54 Å². The van der Waals surface area contributed by atoms with E-state index < -0.39 is 0 Å². The van der Waals surface area contributed by atoms with E-state index in [1.807, 2.05) is 0 Å². The lowest BCUT2D eigenvalue weighted by molar-refractivity contribution is -0.861. The highest BCUT2D eigenvalue weighted by atomic mass is 16.1. The van der Waals surface area contributed by atoms with Gasteiger partial charge in [-0.25, -0.2) is 4.99 Å². The van der Waals surface area contributed by atoms with Crippen LogP contribution in [0.3, 0.4) is 0 Å². The van der Waals surface area contributed by atoms with Crippen LogP contribution in [0.4, 0.5) is 0 Å². The Morgan fingerprint density at radius 3 is 2.81 bits per heavy atom. The number of unbranched alkanes of at least 4 members (excludes halogenated alkanes) is 3. The molecule has 2 unspecified atom stereocenters. The minimum atomic E-state index is 0.0473. The van der Waals surface area contributed by atoms with Gasteiger partial charge in [-0.1, -0.05) is 18.6 Å². The van der Waals surface area contributed by atoms with Crippen LogP contribution < -0.4 is 5.32 Å². The van der Waals surface area contributed by atoms with Gasteiger partial charge in [-0.3, -0.25) is 9.28 Å². The van der Waals surface area contributed by atoms with Gasteiger partial charge in [-0.2, -0.15) is 0 Å². The predicted molar refractivity (Wildman–Crippen MR) is 89.1 cm³/mol. The molecular weight excluding hydrogens is 262 g/mol. The Kier molecular flexibility index (Phi) is 7.65. The molecule has 1 rings (SSSR count). The van der Waals surface area contributed by atoms with E-state index >= 15 is 0 Å². The first kappa shape index (κ1) is 17.9. The quantitative estimate of drug-likeness (QED) is 0.396. The number of hydrogen-bond donors (Lipinski definition) is 1. The van der Waals surface area contributed by atoms with E-state index in [0.29, 0.717) is 0 Å². The average molecular weight is 294 g/mol. The van der Waals surface area contributed by atoms with E-state index in [4.69, 9.17) is 4.99 Å². The Labute approximate surface area is 129 Å². The molecule has 0 bridgehead atoms. The maximum Gasteiger partial charge on any atom is 0.221 e. The predicted octanol–water partition coefficient (Wildman–Crippen LogP) is 3.24. The van der Waals surface area contributed by atoms with Gasteiger partial charge in [0.25, 0.3) is 0 Å². The molecule has 0 aliphatic carbocycles. The van der Waals surface area contributed by atoms with Crippen molar-refractivity contribution in [3.63, 3.8) is 0 Å². The smallest absolute Gasteiger partial charge is 0.221 e. The summed E-state index contributed by atoms with van der Waals surface area (Å²) in [5.41, 5.74) is 0. The monoisotopic (exact) mass is 294 g/mol. The summed E-state index contributed by atoms with van der Waals surface area (Å²) >= 11 is 0. The van der Waals surface area contributed by atoms with E-state index in [1.165, 1.54) is 31.5 Å². The fourth-order valence-corrected chi connectivity index (χ4v) is 3.27. The molecule has 0 aromatic heterocycles. The van der Waals surface area contributed by atoms with E-state index in [2.05, 4.69) is 38.2 Å². The van der Waals surface area contributed by atoms with Crippen molar-refractivity contribution < 1.29 is 9.28 Å². The number of amides is 1. The molecule has 2 atom stereocenters. The molecule has 4 heteroatoms. The van der Waals surface area contributed by atoms with Gasteiger partial charge in [0.2, 0.25) is 5.91 Å². The second-order valence-electron chi connectivity index (χ2n) is 5.92. The number of carbonyl (C=O) groups is 1. The standard InChI is InChI=1S/C17H31N3O/c1-5-7-8-9-10-11-12-17-18-13-14-20(17,6-2)15(3)19-16(4)21/h5,7,15H,6,8-14H2,1-4H3/p+1/b7-5+. The summed E-state index contributed by atoms with van der Waals surface area (Å²) in [6, 6.07) is 0. The molecule has 4 nitrogen and oxygen atoms in total. The Balaban J connectivity index is 2.52. The number of amidine groups is 1. The molecule has 1 aliphatic heterocycles. The number of aliphatic imine (C=N–C) groups is 1. The Morgan fingerprint density at radius 1 is 1.43 bits per heavy atom. The topological polar surface area (TPSA) is 41.5 Å². The molecule has 0 fully saturated rings. The van der Waals surface area contributed by atoms with Crippen LogP contribution in [0, 0.1) is 0 Å². The third-order valence-electron chi connectivity index (χ3n) is 4.53. The molecule has 1 heterocycles. The van der Waals surface area contributed by atoms with Gasteiger partial charge in [0.15, 0.2) is 12.0 Å². The number of allylic oxidation sites excluding steroid dienone is 2. The molecule has 1 amide bonds. The first-order valence-electron chi connectivity index (χ1n) is 8.35. The van der Waals surface area contributed by atoms with Crippen LogP contribution >= 0.6 is 0 Å². The highest BCUT2D eigenvalue weighted by Gasteiger charge is 2.41. The summed E-state index contributed by atoms with van der Waals surface area (Å²) in [6.07, 6.45) is 10.4. The molecular formula is C17H32N3O+. The minimum Gasteiger partial charge on any atom is -0.307 e. The first-order valence-corrected chi connectivity index (χ1v) is 8.35. The lowest BCUT2D eigenvalue weighted by Gasteiger charge is -2.39. The number of carbonyl (C=O) groups excluding carboxylic acids is 1. The second kappa shape index (κ2) is 8.98. The fourth-order valence-electron chi connectivity index (χ4n) is 3.27. The first-order chi connectivity index (χ1) is 10.1. The third kappa shape index (κ3) is 4.95. The van der Waals surface area contributed by atoms with Crippen molar-refractivity contribution in [3.8, 4) is 0 Å². The summed E-state index contributed by atoms with van der Waals surface area (Å²) in [7, 11) is 0. The molecule has 0 saturated carbocycles. The summed E-state index contributed by atoms with van der Waals surface area (Å²) in [4.78, 5) is 16.1. The van der Waals surface area contributed by atoms with E-state index in [1.54, 1.807) is 6.92 Å². The van der Waals surface area contributed by atoms with Crippen molar-refractivity contribution >= 4 is 11.7 Å². The average Bonchev–Trinajstić information content (AvgIpc) is 2.86. The number of quaternary nitrogens is 1. The zero-order valence-electron chi connectivity index (χ0n) is 14.2. The number of hydrogen-bond acceptors (Lipinski definition) is 2. The molecule has 1 aliphatic rings. The molecule has 21 heavy (non-hydrogen) atoms. The number of likely N-dealkylation sites (N-methyl/N-ethyl adjacent to an activating group) is 1. The lowest BCUT2D eigenvalue weighted by atomic mass is 10.1. The van der Waals surface area contributed by atoms with Crippen molar-refractivity contribution in [2.75, 3.05) is 19.6 Å². The van der Waals surface area contributed by atoms with E-state index in [9.17, 15) is 4.79 Å². The van der Waals surface area contributed by atoms with Gasteiger partial charge in [-0.05, 0) is 33.1 Å². The van der Waals surface area contributed by atoms with Crippen LogP contribution in [0.25, 0.3) is 0 Å². The van der Waals surface area contributed by atoms with Crippen LogP contribution in [0.15, 0.2) is 17.1 Å². The molecule has 1 N–H and O–H groups in total.